The SMILES string of the molecule is CCNC(CCc1ccnn1C)c1cscc1C. The molecule has 1 atom stereocenters. The van der Waals surface area contributed by atoms with Crippen molar-refractivity contribution in [1.29, 1.82) is 0 Å². The highest BCUT2D eigenvalue weighted by Crippen LogP contribution is 2.25. The summed E-state index contributed by atoms with van der Waals surface area (Å²) in [5, 5.41) is 12.3. The maximum Gasteiger partial charge on any atom is 0.0492 e. The first-order valence-electron chi connectivity index (χ1n) is 6.45. The fourth-order valence-corrected chi connectivity index (χ4v) is 3.19. The fourth-order valence-electron chi connectivity index (χ4n) is 2.28. The zero-order chi connectivity index (χ0) is 13.0. The zero-order valence-electron chi connectivity index (χ0n) is 11.3. The van der Waals surface area contributed by atoms with Crippen LogP contribution in [0.2, 0.25) is 0 Å². The number of hydrogen-bond acceptors (Lipinski definition) is 3. The van der Waals surface area contributed by atoms with Crippen LogP contribution >= 0.6 is 11.3 Å². The second-order valence-corrected chi connectivity index (χ2v) is 5.35. The summed E-state index contributed by atoms with van der Waals surface area (Å²) in [6.07, 6.45) is 4.04. The third-order valence-electron chi connectivity index (χ3n) is 3.33. The van der Waals surface area contributed by atoms with Crippen LogP contribution in [0.3, 0.4) is 0 Å². The molecule has 2 aromatic heterocycles. The smallest absolute Gasteiger partial charge is 0.0492 e. The van der Waals surface area contributed by atoms with Crippen LogP contribution < -0.4 is 5.32 Å². The summed E-state index contributed by atoms with van der Waals surface area (Å²) in [4.78, 5) is 0. The first-order chi connectivity index (χ1) is 8.72. The third-order valence-corrected chi connectivity index (χ3v) is 4.21. The lowest BCUT2D eigenvalue weighted by Gasteiger charge is -2.18. The van der Waals surface area contributed by atoms with Gasteiger partial charge in [-0.25, -0.2) is 0 Å². The molecule has 0 aromatic carbocycles. The lowest BCUT2D eigenvalue weighted by atomic mass is 10.0. The minimum absolute atomic E-state index is 0.455. The van der Waals surface area contributed by atoms with E-state index in [1.165, 1.54) is 16.8 Å². The predicted molar refractivity (Wildman–Crippen MR) is 77.0 cm³/mol. The van der Waals surface area contributed by atoms with Crippen molar-refractivity contribution in [3.8, 4) is 0 Å². The van der Waals surface area contributed by atoms with Crippen molar-refractivity contribution in [1.82, 2.24) is 15.1 Å². The van der Waals surface area contributed by atoms with Crippen LogP contribution in [0.4, 0.5) is 0 Å². The Morgan fingerprint density at radius 1 is 1.44 bits per heavy atom. The van der Waals surface area contributed by atoms with Gasteiger partial charge in [0, 0.05) is 25.0 Å². The Bertz CT molecular complexity index is 487. The molecule has 0 radical (unpaired) electrons. The van der Waals surface area contributed by atoms with Crippen molar-refractivity contribution >= 4 is 11.3 Å². The van der Waals surface area contributed by atoms with E-state index < -0.39 is 0 Å². The van der Waals surface area contributed by atoms with Gasteiger partial charge in [-0.1, -0.05) is 6.92 Å². The van der Waals surface area contributed by atoms with E-state index in [4.69, 9.17) is 0 Å². The maximum absolute atomic E-state index is 4.22. The predicted octanol–water partition coefficient (Wildman–Crippen LogP) is 3.07. The van der Waals surface area contributed by atoms with Gasteiger partial charge in [0.15, 0.2) is 0 Å². The Labute approximate surface area is 113 Å². The normalized spacial score (nSPS) is 12.8. The average Bonchev–Trinajstić information content (AvgIpc) is 2.94. The van der Waals surface area contributed by atoms with Gasteiger partial charge in [-0.2, -0.15) is 16.4 Å². The fraction of sp³-hybridized carbons (Fsp3) is 0.500. The third kappa shape index (κ3) is 3.00. The van der Waals surface area contributed by atoms with Crippen LogP contribution in [-0.4, -0.2) is 16.3 Å². The van der Waals surface area contributed by atoms with Crippen LogP contribution in [-0.2, 0) is 13.5 Å². The van der Waals surface area contributed by atoms with Crippen LogP contribution in [0.1, 0.15) is 36.2 Å². The van der Waals surface area contributed by atoms with Gasteiger partial charge < -0.3 is 5.32 Å². The second-order valence-electron chi connectivity index (χ2n) is 4.61. The molecule has 18 heavy (non-hydrogen) atoms. The molecule has 2 heterocycles. The molecular formula is C14H21N3S. The summed E-state index contributed by atoms with van der Waals surface area (Å²) in [5.74, 6) is 0. The quantitative estimate of drug-likeness (QED) is 0.868. The van der Waals surface area contributed by atoms with Gasteiger partial charge in [-0.3, -0.25) is 4.68 Å². The molecule has 3 nitrogen and oxygen atoms in total. The standard InChI is InChI=1S/C14H21N3S/c1-4-15-14(13-10-18-9-11(13)2)6-5-12-7-8-16-17(12)3/h7-10,14-15H,4-6H2,1-3H3. The van der Waals surface area contributed by atoms with E-state index in [0.717, 1.165) is 19.4 Å². The molecule has 2 rings (SSSR count). The van der Waals surface area contributed by atoms with Crippen molar-refractivity contribution < 1.29 is 0 Å². The molecule has 0 spiro atoms. The van der Waals surface area contributed by atoms with E-state index in [2.05, 4.69) is 41.1 Å². The van der Waals surface area contributed by atoms with Crippen molar-refractivity contribution in [2.24, 2.45) is 7.05 Å². The first-order valence-corrected chi connectivity index (χ1v) is 7.39. The van der Waals surface area contributed by atoms with Crippen molar-refractivity contribution in [3.05, 3.63) is 39.8 Å². The molecule has 98 valence electrons. The van der Waals surface area contributed by atoms with Gasteiger partial charge in [0.05, 0.1) is 0 Å². The van der Waals surface area contributed by atoms with Crippen LogP contribution in [0.15, 0.2) is 23.0 Å². The molecule has 0 bridgehead atoms. The van der Waals surface area contributed by atoms with Crippen LogP contribution in [0.5, 0.6) is 0 Å². The summed E-state index contributed by atoms with van der Waals surface area (Å²) < 4.78 is 1.96. The molecule has 0 aliphatic rings. The van der Waals surface area contributed by atoms with Gasteiger partial charge in [-0.15, -0.1) is 0 Å². The van der Waals surface area contributed by atoms with E-state index in [1.807, 2.05) is 17.9 Å². The maximum atomic E-state index is 4.22. The van der Waals surface area contributed by atoms with Crippen LogP contribution in [0.25, 0.3) is 0 Å². The second kappa shape index (κ2) is 6.16. The number of aryl methyl sites for hydroxylation is 3. The molecule has 1 unspecified atom stereocenters. The number of aromatic nitrogens is 2. The number of rotatable bonds is 6. The Morgan fingerprint density at radius 2 is 2.28 bits per heavy atom. The van der Waals surface area contributed by atoms with Crippen molar-refractivity contribution in [2.45, 2.75) is 32.7 Å². The summed E-state index contributed by atoms with van der Waals surface area (Å²) in [7, 11) is 2.01. The van der Waals surface area contributed by atoms with Gasteiger partial charge >= 0.3 is 0 Å². The molecule has 1 N–H and O–H groups in total. The summed E-state index contributed by atoms with van der Waals surface area (Å²) >= 11 is 1.79. The van der Waals surface area contributed by atoms with Gasteiger partial charge in [-0.05, 0) is 54.3 Å². The topological polar surface area (TPSA) is 29.9 Å². The highest BCUT2D eigenvalue weighted by molar-refractivity contribution is 7.08. The van der Waals surface area contributed by atoms with Gasteiger partial charge in [0.2, 0.25) is 0 Å². The number of thiophene rings is 1. The summed E-state index contributed by atoms with van der Waals surface area (Å²) in [5.41, 5.74) is 4.14. The molecule has 0 saturated heterocycles. The molecule has 0 aliphatic carbocycles. The number of nitrogens with zero attached hydrogens (tertiary/aromatic N) is 2. The van der Waals surface area contributed by atoms with Crippen molar-refractivity contribution in [2.75, 3.05) is 6.54 Å². The average molecular weight is 263 g/mol. The highest BCUT2D eigenvalue weighted by Gasteiger charge is 2.14. The van der Waals surface area contributed by atoms with Crippen molar-refractivity contribution in [3.63, 3.8) is 0 Å². The lowest BCUT2D eigenvalue weighted by Crippen LogP contribution is -2.22. The largest absolute Gasteiger partial charge is 0.310 e. The highest BCUT2D eigenvalue weighted by atomic mass is 32.1. The molecule has 0 saturated carbocycles. The molecule has 4 heteroatoms. The Morgan fingerprint density at radius 3 is 2.83 bits per heavy atom. The molecule has 2 aromatic rings. The number of nitrogens with one attached hydrogen (secondary N) is 1. The lowest BCUT2D eigenvalue weighted by molar-refractivity contribution is 0.505. The summed E-state index contributed by atoms with van der Waals surface area (Å²) in [6.45, 7) is 5.37. The number of hydrogen-bond donors (Lipinski definition) is 1. The molecular weight excluding hydrogens is 242 g/mol. The molecule has 0 amide bonds. The van der Waals surface area contributed by atoms with Crippen LogP contribution in [0, 0.1) is 6.92 Å². The minimum atomic E-state index is 0.455. The van der Waals surface area contributed by atoms with E-state index >= 15 is 0 Å². The monoisotopic (exact) mass is 263 g/mol. The Balaban J connectivity index is 2.03. The summed E-state index contributed by atoms with van der Waals surface area (Å²) in [6, 6.07) is 2.56. The first kappa shape index (κ1) is 13.3. The van der Waals surface area contributed by atoms with E-state index in [-0.39, 0.29) is 0 Å². The minimum Gasteiger partial charge on any atom is -0.310 e. The zero-order valence-corrected chi connectivity index (χ0v) is 12.1. The Kier molecular flexibility index (Phi) is 4.55. The molecule has 0 aliphatic heterocycles. The van der Waals surface area contributed by atoms with Gasteiger partial charge in [0.1, 0.15) is 0 Å². The van der Waals surface area contributed by atoms with Gasteiger partial charge in [0.25, 0.3) is 0 Å². The van der Waals surface area contributed by atoms with E-state index in [9.17, 15) is 0 Å². The Hall–Kier alpha value is -1.13. The van der Waals surface area contributed by atoms with E-state index in [0.29, 0.717) is 6.04 Å². The molecule has 0 fully saturated rings. The van der Waals surface area contributed by atoms with E-state index in [1.54, 1.807) is 11.3 Å².